The zero-order valence-corrected chi connectivity index (χ0v) is 12.8. The largest absolute Gasteiger partial charge is 0.501 e. The maximum absolute atomic E-state index is 11.6. The summed E-state index contributed by atoms with van der Waals surface area (Å²) in [7, 11) is 3.33. The molecule has 0 radical (unpaired) electrons. The molecule has 0 saturated heterocycles. The van der Waals surface area contributed by atoms with Gasteiger partial charge in [-0.3, -0.25) is 4.79 Å². The predicted molar refractivity (Wildman–Crippen MR) is 79.9 cm³/mol. The number of amides is 1. The van der Waals surface area contributed by atoms with Crippen LogP contribution in [0.15, 0.2) is 34.1 Å². The van der Waals surface area contributed by atoms with Crippen molar-refractivity contribution in [1.29, 1.82) is 0 Å². The van der Waals surface area contributed by atoms with Crippen LogP contribution in [0, 0.1) is 0 Å². The number of hydrogen-bond acceptors (Lipinski definition) is 2. The Labute approximate surface area is 117 Å². The number of rotatable bonds is 7. The molecule has 1 amide bonds. The van der Waals surface area contributed by atoms with Crippen LogP contribution in [0.2, 0.25) is 0 Å². The van der Waals surface area contributed by atoms with Gasteiger partial charge in [0.15, 0.2) is 0 Å². The molecule has 0 N–H and O–H groups in total. The van der Waals surface area contributed by atoms with E-state index in [4.69, 9.17) is 4.74 Å². The van der Waals surface area contributed by atoms with Crippen molar-refractivity contribution in [2.24, 2.45) is 0 Å². The maximum Gasteiger partial charge on any atom is 0.249 e. The summed E-state index contributed by atoms with van der Waals surface area (Å²) in [6.07, 6.45) is 9.76. The number of ether oxygens (including phenoxy) is 1. The number of carbonyl (C=O) groups excluding carboxylic acids is 1. The van der Waals surface area contributed by atoms with E-state index in [0.29, 0.717) is 12.3 Å². The molecule has 0 unspecified atom stereocenters. The van der Waals surface area contributed by atoms with Crippen LogP contribution in [-0.4, -0.2) is 31.5 Å². The number of allylic oxidation sites excluding steroid dienone is 3. The molecule has 0 saturated carbocycles. The minimum absolute atomic E-state index is 0.0406. The quantitative estimate of drug-likeness (QED) is 0.232. The molecule has 4 heteroatoms. The third-order valence-electron chi connectivity index (χ3n) is 2.16. The highest BCUT2D eigenvalue weighted by atomic mass is 127. The summed E-state index contributed by atoms with van der Waals surface area (Å²) in [5, 5.41) is 0. The van der Waals surface area contributed by atoms with E-state index < -0.39 is 0 Å². The van der Waals surface area contributed by atoms with Crippen molar-refractivity contribution >= 4 is 28.5 Å². The van der Waals surface area contributed by atoms with Gasteiger partial charge in [0.2, 0.25) is 5.91 Å². The van der Waals surface area contributed by atoms with Gasteiger partial charge in [-0.25, -0.2) is 0 Å². The molecule has 17 heavy (non-hydrogen) atoms. The van der Waals surface area contributed by atoms with Gasteiger partial charge in [-0.1, -0.05) is 40.8 Å². The number of likely N-dealkylation sites (N-methyl/N-ethyl adjacent to an activating group) is 1. The van der Waals surface area contributed by atoms with Gasteiger partial charge in [0.05, 0.1) is 12.9 Å². The average molecular weight is 349 g/mol. The predicted octanol–water partition coefficient (Wildman–Crippen LogP) is 3.28. The molecule has 0 atom stereocenters. The lowest BCUT2D eigenvalue weighted by Gasteiger charge is -2.12. The Morgan fingerprint density at radius 3 is 2.53 bits per heavy atom. The average Bonchev–Trinajstić information content (AvgIpc) is 2.32. The van der Waals surface area contributed by atoms with Crippen LogP contribution in [-0.2, 0) is 9.53 Å². The highest BCUT2D eigenvalue weighted by Gasteiger charge is 2.03. The number of carbonyl (C=O) groups is 1. The van der Waals surface area contributed by atoms with Gasteiger partial charge in [0, 0.05) is 19.7 Å². The molecule has 0 aliphatic heterocycles. The fourth-order valence-electron chi connectivity index (χ4n) is 1.04. The number of hydrogen-bond donors (Lipinski definition) is 0. The zero-order valence-electron chi connectivity index (χ0n) is 10.6. The lowest BCUT2D eigenvalue weighted by Crippen LogP contribution is -2.25. The van der Waals surface area contributed by atoms with Crippen LogP contribution in [0.25, 0.3) is 0 Å². The van der Waals surface area contributed by atoms with E-state index in [1.807, 2.05) is 10.2 Å². The van der Waals surface area contributed by atoms with E-state index in [9.17, 15) is 4.79 Å². The van der Waals surface area contributed by atoms with Crippen LogP contribution in [0.3, 0.4) is 0 Å². The molecular weight excluding hydrogens is 329 g/mol. The van der Waals surface area contributed by atoms with Crippen LogP contribution in [0.4, 0.5) is 0 Å². The number of methoxy groups -OCH3 is 1. The Kier molecular flexibility index (Phi) is 9.90. The van der Waals surface area contributed by atoms with E-state index in [0.717, 1.165) is 12.8 Å². The van der Waals surface area contributed by atoms with E-state index in [-0.39, 0.29) is 5.91 Å². The summed E-state index contributed by atoms with van der Waals surface area (Å²) in [5.74, 6) is 0.583. The molecule has 0 aliphatic carbocycles. The number of unbranched alkanes of at least 4 members (excludes halogenated alkanes) is 1. The minimum Gasteiger partial charge on any atom is -0.501 e. The standard InChI is InChI=1S/C13H20INO2/c1-12(17-3)11-13(16)15(2)10-8-6-4-5-7-9-14/h6-9,11H,4-5,10H2,1-3H3/b8-6+,9-7-,12-11+. The summed E-state index contributed by atoms with van der Waals surface area (Å²) in [6, 6.07) is 0. The maximum atomic E-state index is 11.6. The first-order valence-electron chi connectivity index (χ1n) is 5.49. The van der Waals surface area contributed by atoms with Crippen LogP contribution < -0.4 is 0 Å². The van der Waals surface area contributed by atoms with Crippen molar-refractivity contribution in [3.05, 3.63) is 34.1 Å². The summed E-state index contributed by atoms with van der Waals surface area (Å²) >= 11 is 2.21. The Bertz CT molecular complexity index is 309. The van der Waals surface area contributed by atoms with Crippen molar-refractivity contribution in [2.75, 3.05) is 20.7 Å². The Morgan fingerprint density at radius 1 is 1.29 bits per heavy atom. The smallest absolute Gasteiger partial charge is 0.249 e. The Balaban J connectivity index is 3.93. The second-order valence-electron chi connectivity index (χ2n) is 3.59. The van der Waals surface area contributed by atoms with E-state index in [1.165, 1.54) is 6.08 Å². The fourth-order valence-corrected chi connectivity index (χ4v) is 1.40. The monoisotopic (exact) mass is 349 g/mol. The van der Waals surface area contributed by atoms with E-state index in [2.05, 4.69) is 34.7 Å². The van der Waals surface area contributed by atoms with E-state index >= 15 is 0 Å². The SMILES string of the molecule is CO/C(C)=C/C(=O)N(C)C/C=C/CC/C=C\I. The molecule has 0 bridgehead atoms. The molecule has 3 nitrogen and oxygen atoms in total. The molecule has 0 aromatic rings. The Morgan fingerprint density at radius 2 is 1.94 bits per heavy atom. The first kappa shape index (κ1) is 16.2. The topological polar surface area (TPSA) is 29.5 Å². The molecule has 0 fully saturated rings. The van der Waals surface area contributed by atoms with Crippen LogP contribution >= 0.6 is 22.6 Å². The van der Waals surface area contributed by atoms with Crippen molar-refractivity contribution in [3.63, 3.8) is 0 Å². The summed E-state index contributed by atoms with van der Waals surface area (Å²) < 4.78 is 6.94. The Hall–Kier alpha value is -0.780. The van der Waals surface area contributed by atoms with Gasteiger partial charge < -0.3 is 9.64 Å². The summed E-state index contributed by atoms with van der Waals surface area (Å²) in [4.78, 5) is 13.2. The van der Waals surface area contributed by atoms with Gasteiger partial charge >= 0.3 is 0 Å². The molecule has 0 aromatic heterocycles. The van der Waals surface area contributed by atoms with Crippen molar-refractivity contribution in [3.8, 4) is 0 Å². The van der Waals surface area contributed by atoms with Gasteiger partial charge in [-0.05, 0) is 23.8 Å². The fraction of sp³-hybridized carbons (Fsp3) is 0.462. The highest BCUT2D eigenvalue weighted by Crippen LogP contribution is 1.98. The summed E-state index contributed by atoms with van der Waals surface area (Å²) in [5.41, 5.74) is 0. The van der Waals surface area contributed by atoms with E-state index in [1.54, 1.807) is 26.0 Å². The first-order valence-corrected chi connectivity index (χ1v) is 6.74. The molecule has 0 spiro atoms. The van der Waals surface area contributed by atoms with Gasteiger partial charge in [0.1, 0.15) is 0 Å². The lowest BCUT2D eigenvalue weighted by molar-refractivity contribution is -0.124. The van der Waals surface area contributed by atoms with Crippen molar-refractivity contribution in [1.82, 2.24) is 4.90 Å². The van der Waals surface area contributed by atoms with Crippen LogP contribution in [0.5, 0.6) is 0 Å². The summed E-state index contributed by atoms with van der Waals surface area (Å²) in [6.45, 7) is 2.39. The van der Waals surface area contributed by atoms with Crippen molar-refractivity contribution < 1.29 is 9.53 Å². The molecule has 0 rings (SSSR count). The van der Waals surface area contributed by atoms with Crippen LogP contribution in [0.1, 0.15) is 19.8 Å². The third-order valence-corrected chi connectivity index (χ3v) is 2.67. The molecule has 96 valence electrons. The van der Waals surface area contributed by atoms with Crippen molar-refractivity contribution in [2.45, 2.75) is 19.8 Å². The highest BCUT2D eigenvalue weighted by molar-refractivity contribution is 14.1. The van der Waals surface area contributed by atoms with Gasteiger partial charge in [-0.2, -0.15) is 0 Å². The number of halogens is 1. The third kappa shape index (κ3) is 8.97. The normalized spacial score (nSPS) is 12.4. The first-order chi connectivity index (χ1) is 8.11. The molecule has 0 heterocycles. The lowest BCUT2D eigenvalue weighted by atomic mass is 10.3. The molecule has 0 aliphatic rings. The second-order valence-corrected chi connectivity index (χ2v) is 4.31. The van der Waals surface area contributed by atoms with Gasteiger partial charge in [-0.15, -0.1) is 0 Å². The van der Waals surface area contributed by atoms with Gasteiger partial charge in [0.25, 0.3) is 0 Å². The molecular formula is C13H20INO2. The molecule has 0 aromatic carbocycles. The zero-order chi connectivity index (χ0) is 13.1. The number of nitrogens with zero attached hydrogens (tertiary/aromatic N) is 1. The minimum atomic E-state index is -0.0406. The second kappa shape index (κ2) is 10.4.